The summed E-state index contributed by atoms with van der Waals surface area (Å²) in [6.45, 7) is 8.00. The van der Waals surface area contributed by atoms with Gasteiger partial charge in [0, 0.05) is 17.6 Å². The highest BCUT2D eigenvalue weighted by molar-refractivity contribution is 6.32. The summed E-state index contributed by atoms with van der Waals surface area (Å²) in [6, 6.07) is 6.08. The molecule has 3 rings (SSSR count). The molecule has 1 fully saturated rings. The molecule has 1 atom stereocenters. The molecule has 0 aliphatic heterocycles. The van der Waals surface area contributed by atoms with Gasteiger partial charge in [0.1, 0.15) is 5.75 Å². The monoisotopic (exact) mass is 418 g/mol. The molecule has 2 aromatic rings. The van der Waals surface area contributed by atoms with Gasteiger partial charge in [-0.1, -0.05) is 38.8 Å². The van der Waals surface area contributed by atoms with Gasteiger partial charge < -0.3 is 15.0 Å². The maximum Gasteiger partial charge on any atom is 0.255 e. The van der Waals surface area contributed by atoms with Gasteiger partial charge in [-0.05, 0) is 80.5 Å². The highest BCUT2D eigenvalue weighted by atomic mass is 35.5. The van der Waals surface area contributed by atoms with Gasteiger partial charge in [0.15, 0.2) is 0 Å². The van der Waals surface area contributed by atoms with Crippen LogP contribution >= 0.6 is 11.6 Å². The Morgan fingerprint density at radius 2 is 2.03 bits per heavy atom. The van der Waals surface area contributed by atoms with Gasteiger partial charge in [-0.15, -0.1) is 0 Å². The molecule has 0 spiro atoms. The van der Waals surface area contributed by atoms with E-state index in [9.17, 15) is 4.79 Å². The molecule has 1 aliphatic carbocycles. The smallest absolute Gasteiger partial charge is 0.255 e. The Morgan fingerprint density at radius 1 is 1.28 bits per heavy atom. The molecule has 1 aromatic carbocycles. The number of H-pyrrole nitrogens is 1. The van der Waals surface area contributed by atoms with E-state index in [1.165, 1.54) is 38.5 Å². The summed E-state index contributed by atoms with van der Waals surface area (Å²) in [5, 5.41) is 5.80. The first-order valence-electron chi connectivity index (χ1n) is 11.2. The summed E-state index contributed by atoms with van der Waals surface area (Å²) in [7, 11) is 0. The molecule has 29 heavy (non-hydrogen) atoms. The molecule has 2 N–H and O–H groups in total. The topological polar surface area (TPSA) is 54.1 Å². The van der Waals surface area contributed by atoms with Crippen LogP contribution in [0.15, 0.2) is 29.2 Å². The highest BCUT2D eigenvalue weighted by Gasteiger charge is 2.40. The van der Waals surface area contributed by atoms with Crippen molar-refractivity contribution in [1.82, 2.24) is 10.3 Å². The van der Waals surface area contributed by atoms with Gasteiger partial charge >= 0.3 is 0 Å². The van der Waals surface area contributed by atoms with Crippen molar-refractivity contribution in [1.29, 1.82) is 0 Å². The lowest BCUT2D eigenvalue weighted by molar-refractivity contribution is 0.0462. The van der Waals surface area contributed by atoms with E-state index in [4.69, 9.17) is 16.3 Å². The van der Waals surface area contributed by atoms with Crippen LogP contribution in [-0.2, 0) is 0 Å². The number of aromatic amines is 1. The molecule has 1 unspecified atom stereocenters. The summed E-state index contributed by atoms with van der Waals surface area (Å²) in [4.78, 5) is 14.7. The number of ether oxygens (including phenoxy) is 1. The summed E-state index contributed by atoms with van der Waals surface area (Å²) >= 11 is 6.43. The second kappa shape index (κ2) is 9.99. The van der Waals surface area contributed by atoms with Crippen molar-refractivity contribution in [2.45, 2.75) is 84.3 Å². The second-order valence-electron chi connectivity index (χ2n) is 8.48. The Morgan fingerprint density at radius 3 is 2.69 bits per heavy atom. The number of hydrogen-bond donors (Lipinski definition) is 2. The molecule has 1 heterocycles. The van der Waals surface area contributed by atoms with Crippen molar-refractivity contribution in [3.8, 4) is 5.75 Å². The number of benzene rings is 1. The predicted molar refractivity (Wildman–Crippen MR) is 122 cm³/mol. The van der Waals surface area contributed by atoms with Crippen LogP contribution in [0.2, 0.25) is 5.02 Å². The van der Waals surface area contributed by atoms with E-state index in [1.54, 1.807) is 12.3 Å². The summed E-state index contributed by atoms with van der Waals surface area (Å²) in [5.74, 6) is 0.687. The van der Waals surface area contributed by atoms with Gasteiger partial charge in [0.05, 0.1) is 11.1 Å². The summed E-state index contributed by atoms with van der Waals surface area (Å²) < 4.78 is 6.32. The summed E-state index contributed by atoms with van der Waals surface area (Å²) in [5.41, 5.74) is 0.241. The van der Waals surface area contributed by atoms with Crippen molar-refractivity contribution in [2.24, 2.45) is 5.41 Å². The van der Waals surface area contributed by atoms with E-state index < -0.39 is 0 Å². The fourth-order valence-electron chi connectivity index (χ4n) is 4.94. The molecule has 160 valence electrons. The average Bonchev–Trinajstić information content (AvgIpc) is 2.73. The fraction of sp³-hybridized carbons (Fsp3) is 0.625. The maximum absolute atomic E-state index is 12.0. The maximum atomic E-state index is 12.0. The molecule has 0 radical (unpaired) electrons. The quantitative estimate of drug-likeness (QED) is 0.486. The van der Waals surface area contributed by atoms with Gasteiger partial charge in [0.25, 0.3) is 5.56 Å². The standard InChI is InChI=1S/C24H35ClN2O2/c1-4-7-13-26-22(5-2)24(6-3)11-8-18(9-12-24)29-21-15-17-10-14-27-23(28)19(17)16-20(21)25/h10,14-16,18,22,26H,4-9,11-13H2,1-3H3,(H,27,28). The van der Waals surface area contributed by atoms with Crippen LogP contribution < -0.4 is 15.6 Å². The highest BCUT2D eigenvalue weighted by Crippen LogP contribution is 2.44. The van der Waals surface area contributed by atoms with Crippen LogP contribution in [0, 0.1) is 5.41 Å². The first-order valence-corrected chi connectivity index (χ1v) is 11.6. The minimum absolute atomic E-state index is 0.123. The molecule has 0 amide bonds. The number of rotatable bonds is 9. The SMILES string of the molecule is CCCCNC(CC)C1(CC)CCC(Oc2cc3cc[nH]c(=O)c3cc2Cl)CC1. The molecular weight excluding hydrogens is 384 g/mol. The Labute approximate surface area is 179 Å². The van der Waals surface area contributed by atoms with E-state index in [-0.39, 0.29) is 11.7 Å². The van der Waals surface area contributed by atoms with Crippen LogP contribution in [0.1, 0.15) is 72.1 Å². The number of pyridine rings is 1. The number of unbranched alkanes of at least 4 members (excludes halogenated alkanes) is 1. The largest absolute Gasteiger partial charge is 0.489 e. The van der Waals surface area contributed by atoms with Crippen LogP contribution in [0.25, 0.3) is 10.8 Å². The van der Waals surface area contributed by atoms with Gasteiger partial charge in [0.2, 0.25) is 0 Å². The van der Waals surface area contributed by atoms with Crippen molar-refractivity contribution < 1.29 is 4.74 Å². The fourth-order valence-corrected chi connectivity index (χ4v) is 5.15. The zero-order valence-corrected chi connectivity index (χ0v) is 18.8. The third kappa shape index (κ3) is 4.97. The second-order valence-corrected chi connectivity index (χ2v) is 8.89. The van der Waals surface area contributed by atoms with Gasteiger partial charge in [-0.3, -0.25) is 4.79 Å². The predicted octanol–water partition coefficient (Wildman–Crippen LogP) is 6.07. The number of nitrogens with one attached hydrogen (secondary N) is 2. The van der Waals surface area contributed by atoms with E-state index in [1.807, 2.05) is 12.1 Å². The lowest BCUT2D eigenvalue weighted by atomic mass is 9.66. The minimum atomic E-state index is -0.123. The Bertz CT molecular complexity index is 856. The first-order chi connectivity index (χ1) is 14.0. The average molecular weight is 419 g/mol. The third-order valence-electron chi connectivity index (χ3n) is 6.82. The molecule has 1 saturated carbocycles. The number of hydrogen-bond acceptors (Lipinski definition) is 3. The van der Waals surface area contributed by atoms with E-state index in [0.717, 1.165) is 24.8 Å². The van der Waals surface area contributed by atoms with Crippen molar-refractivity contribution in [3.05, 3.63) is 39.8 Å². The van der Waals surface area contributed by atoms with E-state index in [2.05, 4.69) is 31.1 Å². The molecule has 1 aromatic heterocycles. The van der Waals surface area contributed by atoms with Crippen LogP contribution in [0.4, 0.5) is 0 Å². The third-order valence-corrected chi connectivity index (χ3v) is 7.12. The minimum Gasteiger partial charge on any atom is -0.489 e. The van der Waals surface area contributed by atoms with Gasteiger partial charge in [-0.2, -0.15) is 0 Å². The zero-order valence-electron chi connectivity index (χ0n) is 18.0. The first kappa shape index (κ1) is 22.2. The Balaban J connectivity index is 1.68. The van der Waals surface area contributed by atoms with Crippen molar-refractivity contribution in [2.75, 3.05) is 6.54 Å². The van der Waals surface area contributed by atoms with Crippen LogP contribution in [-0.4, -0.2) is 23.7 Å². The lowest BCUT2D eigenvalue weighted by Gasteiger charge is -2.45. The van der Waals surface area contributed by atoms with E-state index in [0.29, 0.717) is 27.6 Å². The Kier molecular flexibility index (Phi) is 7.64. The van der Waals surface area contributed by atoms with Crippen molar-refractivity contribution in [3.63, 3.8) is 0 Å². The van der Waals surface area contributed by atoms with Gasteiger partial charge in [-0.25, -0.2) is 0 Å². The molecule has 0 saturated heterocycles. The van der Waals surface area contributed by atoms with Crippen LogP contribution in [0.5, 0.6) is 5.75 Å². The van der Waals surface area contributed by atoms with E-state index >= 15 is 0 Å². The normalized spacial score (nSPS) is 23.2. The number of halogens is 1. The van der Waals surface area contributed by atoms with Crippen LogP contribution in [0.3, 0.4) is 0 Å². The summed E-state index contributed by atoms with van der Waals surface area (Å²) in [6.07, 6.45) is 11.1. The van der Waals surface area contributed by atoms with Crippen molar-refractivity contribution >= 4 is 22.4 Å². The lowest BCUT2D eigenvalue weighted by Crippen LogP contribution is -2.48. The molecular formula is C24H35ClN2O2. The molecule has 4 nitrogen and oxygen atoms in total. The zero-order chi connectivity index (χ0) is 20.9. The molecule has 1 aliphatic rings. The number of aromatic nitrogens is 1. The number of fused-ring (bicyclic) bond motifs is 1. The molecule has 5 heteroatoms. The molecule has 0 bridgehead atoms. The Hall–Kier alpha value is -1.52.